The van der Waals surface area contributed by atoms with Crippen LogP contribution in [0.3, 0.4) is 0 Å². The average Bonchev–Trinajstić information content (AvgIpc) is 0.776. The molecular weight excluding hydrogens is 1410 g/mol. The predicted molar refractivity (Wildman–Crippen MR) is 447 cm³/mol. The van der Waals surface area contributed by atoms with Gasteiger partial charge in [0.2, 0.25) is 11.6 Å². The van der Waals surface area contributed by atoms with Gasteiger partial charge in [-0.05, 0) is 198 Å². The van der Waals surface area contributed by atoms with Crippen LogP contribution in [0.5, 0.6) is 0 Å². The number of carbonyl (C=O) groups excluding carboxylic acids is 4. The van der Waals surface area contributed by atoms with Crippen molar-refractivity contribution in [2.75, 3.05) is 11.1 Å². The topological polar surface area (TPSA) is 286 Å². The zero-order valence-corrected chi connectivity index (χ0v) is 65.5. The standard InChI is InChI=1S/C32H35N3O2.C22H22N2.C17H23NO2.C14H10N4.C8H11N.CO2.N2/c1-22-18-19-26(23(2)20-22)21-33-32(36)37-28-17-11-5-10-16-27-29(28)31(25-14-8-4-9-15-25)35-34-30(27)24-12-6-3-7-13-24;1-2-10-16-20-19(15-9-1)21(17-11-5-3-6-12-17)23-24-22(20)18-13-7-4-8-14-18;1-13-10-14(2)12-15(11-13)18-17(19)20-16-8-6-4-3-5-7-9-16;1-3-7-11(8-4-1)13-15-17-14(18-16-13)12-9-5-2-6-10-12;1-6-3-7(2)5-8(9)4-6;2-1-3;1-2/h3-4,6-9,12-15,18-20,27-29H,5,10-11,16-17,21H2,1-2H3,(H,33,36);3-8,11-14H,1-2,9-10,15-16H2;6,8,10-12,16H,3-5,7,9H2,1-2H3,(H,18,19);1-10H;3-5H,9H2,1-2H3;;/b;;8-6+;;;;. The third-order valence-corrected chi connectivity index (χ3v) is 19.7. The molecule has 1 saturated carbocycles. The van der Waals surface area contributed by atoms with E-state index in [1.54, 1.807) is 0 Å². The molecule has 4 N–H and O–H groups in total. The van der Waals surface area contributed by atoms with Crippen LogP contribution in [0.15, 0.2) is 259 Å². The molecule has 1 aliphatic heterocycles. The van der Waals surface area contributed by atoms with Crippen LogP contribution in [-0.2, 0) is 38.4 Å². The van der Waals surface area contributed by atoms with E-state index in [1.165, 1.54) is 83.0 Å². The molecular formula is C94H101N13O6. The molecule has 9 aromatic carbocycles. The second-order valence-electron chi connectivity index (χ2n) is 28.5. The summed E-state index contributed by atoms with van der Waals surface area (Å²) in [4.78, 5) is 41.3. The molecule has 0 radical (unpaired) electrons. The van der Waals surface area contributed by atoms with Gasteiger partial charge in [-0.2, -0.15) is 19.8 Å². The number of hydrogen-bond acceptors (Lipinski definition) is 17. The lowest BCUT2D eigenvalue weighted by Gasteiger charge is -2.38. The summed E-state index contributed by atoms with van der Waals surface area (Å²) in [5.74, 6) is 1.15. The second-order valence-corrected chi connectivity index (χ2v) is 28.5. The number of fused-ring (bicyclic) bond motifs is 2. The number of nitrogens with two attached hydrogens (primary N) is 1. The molecule has 0 spiro atoms. The molecule has 15 rings (SSSR count). The first-order valence-corrected chi connectivity index (χ1v) is 38.9. The van der Waals surface area contributed by atoms with E-state index < -0.39 is 0 Å². The number of benzene rings is 9. The smallest absolute Gasteiger partial charge is 0.412 e. The van der Waals surface area contributed by atoms with Crippen LogP contribution in [0.25, 0.3) is 45.3 Å². The molecule has 11 aromatic rings. The van der Waals surface area contributed by atoms with Gasteiger partial charge in [-0.25, -0.2) is 9.59 Å². The van der Waals surface area contributed by atoms with Crippen molar-refractivity contribution in [2.24, 2.45) is 22.0 Å². The van der Waals surface area contributed by atoms with Gasteiger partial charge in [-0.15, -0.1) is 30.6 Å². The number of aryl methyl sites for hydroxylation is 6. The van der Waals surface area contributed by atoms with E-state index in [4.69, 9.17) is 45.8 Å². The minimum absolute atomic E-state index is 0.0535. The fraction of sp³-hybridized carbons (Fsp3) is 0.287. The van der Waals surface area contributed by atoms with Crippen molar-refractivity contribution in [1.82, 2.24) is 35.9 Å². The molecule has 1 fully saturated rings. The Morgan fingerprint density at radius 1 is 0.442 bits per heavy atom. The van der Waals surface area contributed by atoms with Crippen molar-refractivity contribution in [1.29, 1.82) is 10.8 Å². The van der Waals surface area contributed by atoms with Gasteiger partial charge in [0.1, 0.15) is 12.2 Å². The number of ether oxygens (including phenoxy) is 2. The Hall–Kier alpha value is -12.8. The molecule has 4 unspecified atom stereocenters. The van der Waals surface area contributed by atoms with E-state index in [9.17, 15) is 9.59 Å². The number of allylic oxidation sites excluding steroid dienone is 1. The minimum Gasteiger partial charge on any atom is -0.446 e. The molecule has 3 heterocycles. The highest BCUT2D eigenvalue weighted by Gasteiger charge is 2.42. The molecule has 113 heavy (non-hydrogen) atoms. The van der Waals surface area contributed by atoms with Crippen molar-refractivity contribution in [3.63, 3.8) is 0 Å². The summed E-state index contributed by atoms with van der Waals surface area (Å²) in [6, 6.07) is 79.2. The lowest BCUT2D eigenvalue weighted by atomic mass is 9.71. The maximum absolute atomic E-state index is 13.1. The van der Waals surface area contributed by atoms with Crippen LogP contribution in [0, 0.1) is 64.2 Å². The maximum Gasteiger partial charge on any atom is 0.412 e. The first kappa shape index (κ1) is 84.2. The van der Waals surface area contributed by atoms with Crippen molar-refractivity contribution in [3.05, 3.63) is 310 Å². The lowest BCUT2D eigenvalue weighted by Crippen LogP contribution is -2.45. The van der Waals surface area contributed by atoms with Crippen LogP contribution in [0.4, 0.5) is 21.0 Å². The maximum atomic E-state index is 13.1. The van der Waals surface area contributed by atoms with Crippen molar-refractivity contribution in [3.8, 4) is 45.3 Å². The van der Waals surface area contributed by atoms with Crippen LogP contribution in [0.2, 0.25) is 0 Å². The number of aromatic nitrogens is 6. The van der Waals surface area contributed by atoms with Crippen LogP contribution in [-0.4, -0.2) is 72.6 Å². The highest BCUT2D eigenvalue weighted by molar-refractivity contribution is 6.12. The van der Waals surface area contributed by atoms with E-state index in [0.29, 0.717) is 18.2 Å². The number of anilines is 2. The summed E-state index contributed by atoms with van der Waals surface area (Å²) in [6.07, 6.45) is 21.2. The number of hydrogen-bond donors (Lipinski definition) is 3. The first-order chi connectivity index (χ1) is 55.2. The normalized spacial score (nSPS) is 16.2. The lowest BCUT2D eigenvalue weighted by molar-refractivity contribution is -0.191. The molecule has 2 amide bonds. The number of carbonyl (C=O) groups is 2. The van der Waals surface area contributed by atoms with Crippen LogP contribution >= 0.6 is 0 Å². The predicted octanol–water partition coefficient (Wildman–Crippen LogP) is 21.1. The quantitative estimate of drug-likeness (QED) is 0.0616. The molecule has 19 nitrogen and oxygen atoms in total. The Morgan fingerprint density at radius 2 is 0.867 bits per heavy atom. The Morgan fingerprint density at radius 3 is 1.35 bits per heavy atom. The molecule has 3 aliphatic carbocycles. The Kier molecular flexibility index (Phi) is 33.8. The van der Waals surface area contributed by atoms with E-state index in [0.717, 1.165) is 137 Å². The highest BCUT2D eigenvalue weighted by Crippen LogP contribution is 2.39. The van der Waals surface area contributed by atoms with E-state index in [-0.39, 0.29) is 42.4 Å². The van der Waals surface area contributed by atoms with E-state index >= 15 is 0 Å². The minimum atomic E-state index is -0.375. The number of amides is 2. The monoisotopic (exact) mass is 1510 g/mol. The Bertz CT molecular complexity index is 4730. The number of nitrogens with zero attached hydrogens (tertiary/aromatic N) is 10. The molecule has 578 valence electrons. The molecule has 0 bridgehead atoms. The van der Waals surface area contributed by atoms with E-state index in [1.807, 2.05) is 155 Å². The summed E-state index contributed by atoms with van der Waals surface area (Å²) < 4.78 is 11.7. The largest absolute Gasteiger partial charge is 0.446 e. The van der Waals surface area contributed by atoms with Gasteiger partial charge < -0.3 is 20.5 Å². The third-order valence-electron chi connectivity index (χ3n) is 19.7. The highest BCUT2D eigenvalue weighted by atomic mass is 16.6. The summed E-state index contributed by atoms with van der Waals surface area (Å²) in [6.45, 7) is 12.7. The molecule has 0 saturated heterocycles. The second kappa shape index (κ2) is 45.4. The molecule has 2 aromatic heterocycles. The summed E-state index contributed by atoms with van der Waals surface area (Å²) in [5, 5.41) is 53.1. The van der Waals surface area contributed by atoms with Crippen molar-refractivity contribution >= 4 is 41.1 Å². The molecule has 4 atom stereocenters. The number of alkyl carbamates (subject to hydrolysis) is 1. The molecule has 4 aliphatic rings. The summed E-state index contributed by atoms with van der Waals surface area (Å²) in [5.41, 5.74) is 28.6. The average molecular weight is 1510 g/mol. The Labute approximate surface area is 664 Å². The summed E-state index contributed by atoms with van der Waals surface area (Å²) >= 11 is 0. The fourth-order valence-electron chi connectivity index (χ4n) is 14.6. The first-order valence-electron chi connectivity index (χ1n) is 38.9. The van der Waals surface area contributed by atoms with Gasteiger partial charge in [0, 0.05) is 62.8 Å². The van der Waals surface area contributed by atoms with Gasteiger partial charge in [-0.3, -0.25) is 5.32 Å². The van der Waals surface area contributed by atoms with Gasteiger partial charge in [0.15, 0.2) is 0 Å². The van der Waals surface area contributed by atoms with Crippen molar-refractivity contribution in [2.45, 2.75) is 163 Å². The molecule has 19 heteroatoms. The van der Waals surface area contributed by atoms with Gasteiger partial charge in [0.05, 0.1) is 22.8 Å². The van der Waals surface area contributed by atoms with Gasteiger partial charge >= 0.3 is 18.3 Å². The zero-order chi connectivity index (χ0) is 79.9. The van der Waals surface area contributed by atoms with Crippen molar-refractivity contribution < 1.29 is 28.7 Å². The van der Waals surface area contributed by atoms with Gasteiger partial charge in [0.25, 0.3) is 0 Å². The SMILES string of the molecule is Cc1cc(C)cc(N)c1.Cc1cc(C)cc(NC(=O)OC2/C=C/CCCCC2)c1.Cc1ccc(CNC(=O)OC2CCCCCC3C(c4ccccc4)=NN=C(c4ccccc4)C23)c(C)c1.N#N.O=C=O.c1ccc(-c2nnc(-c3ccccc3)c3c2CCCCCC3)cc1.c1ccc(-c2nnc(-c3ccccc3)nn2)cc1. The van der Waals surface area contributed by atoms with Crippen LogP contribution in [0.1, 0.15) is 151 Å². The third kappa shape index (κ3) is 26.5. The van der Waals surface area contributed by atoms with E-state index in [2.05, 4.69) is 176 Å². The number of rotatable bonds is 11. The fourth-order valence-corrected chi connectivity index (χ4v) is 14.6. The zero-order valence-electron chi connectivity index (χ0n) is 65.5. The summed E-state index contributed by atoms with van der Waals surface area (Å²) in [7, 11) is 0. The number of nitrogen functional groups attached to an aromatic ring is 1. The van der Waals surface area contributed by atoms with Crippen LogP contribution < -0.4 is 16.4 Å². The van der Waals surface area contributed by atoms with Gasteiger partial charge in [-0.1, -0.05) is 256 Å². The number of nitrogens with one attached hydrogen (secondary N) is 2. The Balaban J connectivity index is 0.000000169.